The number of benzene rings is 1. The van der Waals surface area contributed by atoms with Gasteiger partial charge >= 0.3 is 0 Å². The maximum Gasteiger partial charge on any atom is 0.290 e. The quantitative estimate of drug-likeness (QED) is 0.652. The first-order valence-corrected chi connectivity index (χ1v) is 11.6. The number of aryl methyl sites for hydroxylation is 1. The molecule has 28 heavy (non-hydrogen) atoms. The van der Waals surface area contributed by atoms with Gasteiger partial charge < -0.3 is 9.32 Å². The van der Waals surface area contributed by atoms with Gasteiger partial charge in [-0.25, -0.2) is 8.42 Å². The number of amides is 1. The van der Waals surface area contributed by atoms with Crippen LogP contribution in [0, 0.1) is 6.92 Å². The summed E-state index contributed by atoms with van der Waals surface area (Å²) in [6.07, 6.45) is 0.385. The number of hydrogen-bond donors (Lipinski definition) is 0. The second-order valence-electron chi connectivity index (χ2n) is 6.99. The van der Waals surface area contributed by atoms with Gasteiger partial charge in [-0.2, -0.15) is 0 Å². The lowest BCUT2D eigenvalue weighted by atomic mass is 10.1. The molecule has 0 radical (unpaired) electrons. The fourth-order valence-corrected chi connectivity index (χ4v) is 6.09. The Morgan fingerprint density at radius 1 is 1.29 bits per heavy atom. The van der Waals surface area contributed by atoms with Crippen molar-refractivity contribution in [3.05, 3.63) is 68.2 Å². The fourth-order valence-electron chi connectivity index (χ4n) is 3.46. The minimum Gasteiger partial charge on any atom is -0.451 e. The molecule has 0 N–H and O–H groups in total. The highest BCUT2D eigenvalue weighted by molar-refractivity contribution is 7.91. The lowest BCUT2D eigenvalue weighted by Crippen LogP contribution is -2.40. The van der Waals surface area contributed by atoms with Crippen LogP contribution >= 0.6 is 11.3 Å². The molecule has 3 aromatic rings. The molecule has 0 bridgehead atoms. The number of sulfone groups is 1. The number of fused-ring (bicyclic) bond motifs is 1. The Morgan fingerprint density at radius 3 is 2.75 bits per heavy atom. The standard InChI is InChI=1S/C20H19NO5S2/c1-13-6-8-27-19(13)11-21(14-7-9-28(24,25)12-14)20(23)18-10-16(22)15-4-2-3-5-17(15)26-18/h2-6,8,10,14H,7,9,11-12H2,1H3/t14-/m0/s1. The van der Waals surface area contributed by atoms with Gasteiger partial charge in [-0.1, -0.05) is 12.1 Å². The van der Waals surface area contributed by atoms with Crippen LogP contribution in [0.5, 0.6) is 0 Å². The smallest absolute Gasteiger partial charge is 0.290 e. The molecular formula is C20H19NO5S2. The van der Waals surface area contributed by atoms with Crippen molar-refractivity contribution in [3.8, 4) is 0 Å². The molecule has 8 heteroatoms. The van der Waals surface area contributed by atoms with E-state index in [4.69, 9.17) is 4.42 Å². The Hall–Kier alpha value is -2.45. The van der Waals surface area contributed by atoms with Crippen molar-refractivity contribution in [2.45, 2.75) is 25.9 Å². The summed E-state index contributed by atoms with van der Waals surface area (Å²) in [7, 11) is -3.17. The topological polar surface area (TPSA) is 84.7 Å². The van der Waals surface area contributed by atoms with Crippen LogP contribution in [-0.2, 0) is 16.4 Å². The van der Waals surface area contributed by atoms with E-state index in [1.165, 1.54) is 22.3 Å². The number of carbonyl (C=O) groups is 1. The van der Waals surface area contributed by atoms with E-state index in [0.717, 1.165) is 10.4 Å². The average Bonchev–Trinajstić information content (AvgIpc) is 3.23. The number of para-hydroxylation sites is 1. The first kappa shape index (κ1) is 18.9. The van der Waals surface area contributed by atoms with Crippen molar-refractivity contribution in [2.75, 3.05) is 11.5 Å². The lowest BCUT2D eigenvalue weighted by Gasteiger charge is -2.27. The summed E-state index contributed by atoms with van der Waals surface area (Å²) in [5.74, 6) is -0.534. The van der Waals surface area contributed by atoms with Gasteiger partial charge in [-0.05, 0) is 42.5 Å². The van der Waals surface area contributed by atoms with E-state index in [1.807, 2.05) is 18.4 Å². The Labute approximate surface area is 166 Å². The summed E-state index contributed by atoms with van der Waals surface area (Å²) in [6, 6.07) is 9.47. The molecule has 1 aliphatic heterocycles. The zero-order valence-corrected chi connectivity index (χ0v) is 16.9. The molecule has 0 spiro atoms. The van der Waals surface area contributed by atoms with E-state index in [-0.39, 0.29) is 22.7 Å². The number of hydrogen-bond acceptors (Lipinski definition) is 6. The van der Waals surface area contributed by atoms with Crippen molar-refractivity contribution in [1.82, 2.24) is 4.90 Å². The highest BCUT2D eigenvalue weighted by Crippen LogP contribution is 2.26. The first-order valence-electron chi connectivity index (χ1n) is 8.91. The van der Waals surface area contributed by atoms with Crippen molar-refractivity contribution < 1.29 is 17.6 Å². The molecule has 2 aromatic heterocycles. The Bertz CT molecular complexity index is 1210. The first-order chi connectivity index (χ1) is 13.3. The third kappa shape index (κ3) is 3.62. The normalized spacial score (nSPS) is 18.4. The molecule has 0 saturated carbocycles. The minimum absolute atomic E-state index is 0.0620. The van der Waals surface area contributed by atoms with Crippen LogP contribution < -0.4 is 5.43 Å². The van der Waals surface area contributed by atoms with E-state index in [0.29, 0.717) is 23.9 Å². The van der Waals surface area contributed by atoms with E-state index in [2.05, 4.69) is 0 Å². The summed E-state index contributed by atoms with van der Waals surface area (Å²) in [6.45, 7) is 2.25. The van der Waals surface area contributed by atoms with Gasteiger partial charge in [0.25, 0.3) is 5.91 Å². The van der Waals surface area contributed by atoms with Gasteiger partial charge in [0.2, 0.25) is 0 Å². The average molecular weight is 418 g/mol. The number of nitrogens with zero attached hydrogens (tertiary/aromatic N) is 1. The Kier molecular flexibility index (Phi) is 4.84. The van der Waals surface area contributed by atoms with Gasteiger partial charge in [-0.3, -0.25) is 9.59 Å². The van der Waals surface area contributed by atoms with Crippen LogP contribution in [0.15, 0.2) is 51.0 Å². The van der Waals surface area contributed by atoms with Crippen LogP contribution in [-0.4, -0.2) is 36.8 Å². The molecule has 1 amide bonds. The zero-order valence-electron chi connectivity index (χ0n) is 15.3. The molecular weight excluding hydrogens is 398 g/mol. The molecule has 1 saturated heterocycles. The molecule has 146 valence electrons. The predicted octanol–water partition coefficient (Wildman–Crippen LogP) is 2.99. The summed E-state index contributed by atoms with van der Waals surface area (Å²) < 4.78 is 29.7. The van der Waals surface area contributed by atoms with E-state index in [1.54, 1.807) is 24.3 Å². The van der Waals surface area contributed by atoms with Gasteiger partial charge in [-0.15, -0.1) is 11.3 Å². The Balaban J connectivity index is 1.74. The van der Waals surface area contributed by atoms with Crippen LogP contribution in [0.2, 0.25) is 0 Å². The zero-order chi connectivity index (χ0) is 19.9. The van der Waals surface area contributed by atoms with Crippen molar-refractivity contribution >= 4 is 38.1 Å². The van der Waals surface area contributed by atoms with Gasteiger partial charge in [0.1, 0.15) is 5.58 Å². The van der Waals surface area contributed by atoms with Gasteiger partial charge in [0.05, 0.1) is 23.4 Å². The number of thiophene rings is 1. The summed E-state index contributed by atoms with van der Waals surface area (Å²) >= 11 is 1.52. The second-order valence-corrected chi connectivity index (χ2v) is 10.2. The molecule has 1 aromatic carbocycles. The van der Waals surface area contributed by atoms with E-state index >= 15 is 0 Å². The summed E-state index contributed by atoms with van der Waals surface area (Å²) in [4.78, 5) is 28.2. The molecule has 6 nitrogen and oxygen atoms in total. The molecule has 1 atom stereocenters. The fraction of sp³-hybridized carbons (Fsp3) is 0.300. The molecule has 4 rings (SSSR count). The molecule has 0 aliphatic carbocycles. The van der Waals surface area contributed by atoms with Gasteiger partial charge in [0.15, 0.2) is 21.0 Å². The molecule has 3 heterocycles. The maximum atomic E-state index is 13.3. The largest absolute Gasteiger partial charge is 0.451 e. The Morgan fingerprint density at radius 2 is 2.07 bits per heavy atom. The SMILES string of the molecule is Cc1ccsc1CN(C(=O)c1cc(=O)c2ccccc2o1)[C@H]1CCS(=O)(=O)C1. The predicted molar refractivity (Wildman–Crippen MR) is 108 cm³/mol. The number of carbonyl (C=O) groups excluding carboxylic acids is 1. The molecule has 1 aliphatic rings. The van der Waals surface area contributed by atoms with E-state index < -0.39 is 21.8 Å². The maximum absolute atomic E-state index is 13.3. The van der Waals surface area contributed by atoms with Crippen LogP contribution in [0.25, 0.3) is 11.0 Å². The highest BCUT2D eigenvalue weighted by Gasteiger charge is 2.36. The van der Waals surface area contributed by atoms with Crippen molar-refractivity contribution in [1.29, 1.82) is 0 Å². The third-order valence-electron chi connectivity index (χ3n) is 5.04. The number of rotatable bonds is 4. The molecule has 1 fully saturated rings. The second kappa shape index (κ2) is 7.18. The highest BCUT2D eigenvalue weighted by atomic mass is 32.2. The summed E-state index contributed by atoms with van der Waals surface area (Å²) in [5.41, 5.74) is 1.09. The van der Waals surface area contributed by atoms with Crippen LogP contribution in [0.1, 0.15) is 27.4 Å². The monoisotopic (exact) mass is 417 g/mol. The van der Waals surface area contributed by atoms with Crippen molar-refractivity contribution in [3.63, 3.8) is 0 Å². The van der Waals surface area contributed by atoms with E-state index in [9.17, 15) is 18.0 Å². The lowest BCUT2D eigenvalue weighted by molar-refractivity contribution is 0.0650. The third-order valence-corrected chi connectivity index (χ3v) is 7.80. The van der Waals surface area contributed by atoms with Crippen LogP contribution in [0.3, 0.4) is 0 Å². The van der Waals surface area contributed by atoms with Crippen molar-refractivity contribution in [2.24, 2.45) is 0 Å². The summed E-state index contributed by atoms with van der Waals surface area (Å²) in [5, 5.41) is 2.35. The van der Waals surface area contributed by atoms with Crippen LogP contribution in [0.4, 0.5) is 0 Å². The minimum atomic E-state index is -3.17. The molecule has 0 unspecified atom stereocenters. The van der Waals surface area contributed by atoms with Gasteiger partial charge in [0, 0.05) is 17.0 Å².